The molecule has 5 nitrogen and oxygen atoms in total. The monoisotopic (exact) mass is 375 g/mol. The first-order valence-corrected chi connectivity index (χ1v) is 10.3. The molecule has 0 saturated carbocycles. The van der Waals surface area contributed by atoms with Crippen molar-refractivity contribution in [1.82, 2.24) is 15.2 Å². The number of nitrogens with one attached hydrogen (secondary N) is 1. The second-order valence-corrected chi connectivity index (χ2v) is 9.35. The van der Waals surface area contributed by atoms with Gasteiger partial charge in [0.15, 0.2) is 0 Å². The lowest BCUT2D eigenvalue weighted by Crippen LogP contribution is -2.39. The van der Waals surface area contributed by atoms with Gasteiger partial charge in [0.1, 0.15) is 6.10 Å². The molecule has 0 aliphatic carbocycles. The van der Waals surface area contributed by atoms with Gasteiger partial charge >= 0.3 is 0 Å². The quantitative estimate of drug-likeness (QED) is 0.745. The number of pyridine rings is 1. The molecule has 1 aliphatic rings. The van der Waals surface area contributed by atoms with Crippen LogP contribution in [0.2, 0.25) is 0 Å². The van der Waals surface area contributed by atoms with E-state index in [0.29, 0.717) is 30.2 Å². The fourth-order valence-corrected chi connectivity index (χ4v) is 3.14. The van der Waals surface area contributed by atoms with E-state index in [-0.39, 0.29) is 12.0 Å². The number of piperidine rings is 1. The highest BCUT2D eigenvalue weighted by Crippen LogP contribution is 2.22. The van der Waals surface area contributed by atoms with Crippen LogP contribution in [0.1, 0.15) is 65.9 Å². The molecule has 1 N–H and O–H groups in total. The van der Waals surface area contributed by atoms with Crippen molar-refractivity contribution in [2.75, 3.05) is 19.6 Å². The molecule has 1 saturated heterocycles. The number of amides is 1. The molecule has 152 valence electrons. The molecule has 0 bridgehead atoms. The molecule has 1 aliphatic heterocycles. The molecule has 0 spiro atoms. The minimum Gasteiger partial charge on any atom is -0.474 e. The summed E-state index contributed by atoms with van der Waals surface area (Å²) in [5.41, 5.74) is 1.39. The molecule has 1 aromatic rings. The zero-order valence-corrected chi connectivity index (χ0v) is 17.8. The first-order chi connectivity index (χ1) is 12.7. The summed E-state index contributed by atoms with van der Waals surface area (Å²) in [6.45, 7) is 14.9. The van der Waals surface area contributed by atoms with E-state index in [0.717, 1.165) is 31.5 Å². The van der Waals surface area contributed by atoms with Crippen LogP contribution in [0.3, 0.4) is 0 Å². The molecular weight excluding hydrogens is 338 g/mol. The number of likely N-dealkylation sites (tertiary alicyclic amines) is 1. The van der Waals surface area contributed by atoms with E-state index >= 15 is 0 Å². The third-order valence-corrected chi connectivity index (χ3v) is 4.88. The number of ether oxygens (including phenoxy) is 1. The molecule has 27 heavy (non-hydrogen) atoms. The summed E-state index contributed by atoms with van der Waals surface area (Å²) in [4.78, 5) is 18.7. The fourth-order valence-electron chi connectivity index (χ4n) is 3.14. The van der Waals surface area contributed by atoms with E-state index in [2.05, 4.69) is 36.0 Å². The average Bonchev–Trinajstić information content (AvgIpc) is 2.59. The van der Waals surface area contributed by atoms with Crippen molar-refractivity contribution in [2.24, 2.45) is 11.3 Å². The Labute approximate surface area is 164 Å². The summed E-state index contributed by atoms with van der Waals surface area (Å²) in [7, 11) is 0. The third-order valence-electron chi connectivity index (χ3n) is 4.88. The lowest BCUT2D eigenvalue weighted by Gasteiger charge is -2.33. The second kappa shape index (κ2) is 10.1. The van der Waals surface area contributed by atoms with Crippen molar-refractivity contribution in [3.8, 4) is 5.88 Å². The number of hydrogen-bond acceptors (Lipinski definition) is 4. The molecule has 0 atom stereocenters. The van der Waals surface area contributed by atoms with Crippen LogP contribution >= 0.6 is 0 Å². The van der Waals surface area contributed by atoms with Crippen LogP contribution in [-0.2, 0) is 11.3 Å². The molecular formula is C22H37N3O2. The van der Waals surface area contributed by atoms with Crippen LogP contribution in [0, 0.1) is 11.3 Å². The van der Waals surface area contributed by atoms with Gasteiger partial charge in [-0.2, -0.15) is 0 Å². The normalized spacial score (nSPS) is 16.5. The standard InChI is InChI=1S/C22H37N3O2/c1-17(2)14-20(26)23-15-18-6-7-21(24-16-18)27-19-8-11-25(12-9-19)13-10-22(3,4)5/h6-7,16-17,19H,8-15H2,1-5H3,(H,23,26). The van der Waals surface area contributed by atoms with Gasteiger partial charge in [0.05, 0.1) is 0 Å². The van der Waals surface area contributed by atoms with Crippen molar-refractivity contribution >= 4 is 5.91 Å². The zero-order chi connectivity index (χ0) is 19.9. The van der Waals surface area contributed by atoms with E-state index in [4.69, 9.17) is 4.74 Å². The van der Waals surface area contributed by atoms with Crippen LogP contribution in [0.15, 0.2) is 18.3 Å². The van der Waals surface area contributed by atoms with Crippen molar-refractivity contribution in [3.05, 3.63) is 23.9 Å². The van der Waals surface area contributed by atoms with E-state index in [1.807, 2.05) is 26.0 Å². The number of carbonyl (C=O) groups is 1. The van der Waals surface area contributed by atoms with E-state index < -0.39 is 0 Å². The molecule has 2 rings (SSSR count). The Morgan fingerprint density at radius 3 is 2.56 bits per heavy atom. The Bertz CT molecular complexity index is 570. The van der Waals surface area contributed by atoms with E-state index in [1.165, 1.54) is 13.0 Å². The summed E-state index contributed by atoms with van der Waals surface area (Å²) < 4.78 is 6.06. The topological polar surface area (TPSA) is 54.5 Å². The highest BCUT2D eigenvalue weighted by molar-refractivity contribution is 5.76. The Kier molecular flexibility index (Phi) is 8.08. The number of hydrogen-bond donors (Lipinski definition) is 1. The largest absolute Gasteiger partial charge is 0.474 e. The Hall–Kier alpha value is -1.62. The predicted octanol–water partition coefficient (Wildman–Crippen LogP) is 4.02. The van der Waals surface area contributed by atoms with Gasteiger partial charge in [0.25, 0.3) is 0 Å². The van der Waals surface area contributed by atoms with Gasteiger partial charge in [-0.3, -0.25) is 4.79 Å². The number of carbonyl (C=O) groups excluding carboxylic acids is 1. The summed E-state index contributed by atoms with van der Waals surface area (Å²) in [6.07, 6.45) is 5.94. The Balaban J connectivity index is 1.70. The molecule has 5 heteroatoms. The lowest BCUT2D eigenvalue weighted by molar-refractivity contribution is -0.121. The van der Waals surface area contributed by atoms with Gasteiger partial charge in [-0.25, -0.2) is 4.98 Å². The molecule has 0 aromatic carbocycles. The lowest BCUT2D eigenvalue weighted by atomic mass is 9.91. The van der Waals surface area contributed by atoms with Gasteiger partial charge in [0, 0.05) is 38.3 Å². The molecule has 2 heterocycles. The van der Waals surface area contributed by atoms with Crippen LogP contribution in [-0.4, -0.2) is 41.5 Å². The Morgan fingerprint density at radius 2 is 2.00 bits per heavy atom. The maximum absolute atomic E-state index is 11.7. The summed E-state index contributed by atoms with van der Waals surface area (Å²) >= 11 is 0. The van der Waals surface area contributed by atoms with Crippen LogP contribution in [0.5, 0.6) is 5.88 Å². The first-order valence-electron chi connectivity index (χ1n) is 10.3. The van der Waals surface area contributed by atoms with Crippen LogP contribution in [0.4, 0.5) is 0 Å². The van der Waals surface area contributed by atoms with Gasteiger partial charge in [0.2, 0.25) is 11.8 Å². The highest BCUT2D eigenvalue weighted by Gasteiger charge is 2.22. The summed E-state index contributed by atoms with van der Waals surface area (Å²) in [5, 5.41) is 2.93. The SMILES string of the molecule is CC(C)CC(=O)NCc1ccc(OC2CCN(CCC(C)(C)C)CC2)nc1. The smallest absolute Gasteiger partial charge is 0.220 e. The highest BCUT2D eigenvalue weighted by atomic mass is 16.5. The maximum Gasteiger partial charge on any atom is 0.220 e. The minimum atomic E-state index is 0.0866. The third kappa shape index (κ3) is 8.74. The van der Waals surface area contributed by atoms with Gasteiger partial charge < -0.3 is 15.0 Å². The maximum atomic E-state index is 11.7. The molecule has 0 unspecified atom stereocenters. The number of rotatable bonds is 8. The van der Waals surface area contributed by atoms with Crippen molar-refractivity contribution in [1.29, 1.82) is 0 Å². The average molecular weight is 376 g/mol. The van der Waals surface area contributed by atoms with Crippen molar-refractivity contribution in [3.63, 3.8) is 0 Å². The zero-order valence-electron chi connectivity index (χ0n) is 17.8. The number of nitrogens with zero attached hydrogens (tertiary/aromatic N) is 2. The number of aromatic nitrogens is 1. The molecule has 0 radical (unpaired) electrons. The van der Waals surface area contributed by atoms with Gasteiger partial charge in [-0.05, 0) is 42.7 Å². The van der Waals surface area contributed by atoms with Crippen LogP contribution in [0.25, 0.3) is 0 Å². The fraction of sp³-hybridized carbons (Fsp3) is 0.727. The first kappa shape index (κ1) is 21.7. The van der Waals surface area contributed by atoms with Gasteiger partial charge in [-0.1, -0.05) is 40.7 Å². The minimum absolute atomic E-state index is 0.0866. The molecule has 1 fully saturated rings. The van der Waals surface area contributed by atoms with E-state index in [9.17, 15) is 4.79 Å². The summed E-state index contributed by atoms with van der Waals surface area (Å²) in [5.74, 6) is 1.14. The van der Waals surface area contributed by atoms with Crippen molar-refractivity contribution in [2.45, 2.75) is 73.0 Å². The predicted molar refractivity (Wildman–Crippen MR) is 110 cm³/mol. The summed E-state index contributed by atoms with van der Waals surface area (Å²) in [6, 6.07) is 3.90. The van der Waals surface area contributed by atoms with Gasteiger partial charge in [-0.15, -0.1) is 0 Å². The van der Waals surface area contributed by atoms with Crippen molar-refractivity contribution < 1.29 is 9.53 Å². The molecule has 1 amide bonds. The molecule has 1 aromatic heterocycles. The Morgan fingerprint density at radius 1 is 1.30 bits per heavy atom. The second-order valence-electron chi connectivity index (χ2n) is 9.35. The van der Waals surface area contributed by atoms with Crippen LogP contribution < -0.4 is 10.1 Å². The van der Waals surface area contributed by atoms with E-state index in [1.54, 1.807) is 6.20 Å².